The fraction of sp³-hybridized carbons (Fsp3) is 0.500. The van der Waals surface area contributed by atoms with E-state index in [0.29, 0.717) is 6.54 Å². The Hall–Kier alpha value is -2.12. The number of aliphatic carboxylic acids is 2. The zero-order valence-corrected chi connectivity index (χ0v) is 13.5. The van der Waals surface area contributed by atoms with Crippen molar-refractivity contribution < 1.29 is 24.5 Å². The summed E-state index contributed by atoms with van der Waals surface area (Å²) < 4.78 is 5.70. The first-order valence-corrected chi connectivity index (χ1v) is 7.60. The minimum atomic E-state index is -1.82. The maximum Gasteiger partial charge on any atom is 0.414 e. The van der Waals surface area contributed by atoms with Crippen molar-refractivity contribution in [1.82, 2.24) is 5.32 Å². The summed E-state index contributed by atoms with van der Waals surface area (Å²) in [6, 6.07) is 8.32. The standard InChI is InChI=1S/C14H24N2O.C2H2O4/c1-2-13-6-5-7-14(12-13)17-11-4-3-9-16-10-8-15;3-1(4)2(5)6/h5-7,12,16H,2-4,8-11,15H2,1H3;(H,3,4)(H,5,6). The second-order valence-corrected chi connectivity index (χ2v) is 4.71. The van der Waals surface area contributed by atoms with Gasteiger partial charge in [-0.05, 0) is 43.5 Å². The Bertz CT molecular complexity index is 454. The van der Waals surface area contributed by atoms with E-state index in [2.05, 4.69) is 30.4 Å². The monoisotopic (exact) mass is 326 g/mol. The lowest BCUT2D eigenvalue weighted by Crippen LogP contribution is -2.23. The molecular weight excluding hydrogens is 300 g/mol. The smallest absolute Gasteiger partial charge is 0.414 e. The third-order valence-electron chi connectivity index (χ3n) is 2.83. The average molecular weight is 326 g/mol. The van der Waals surface area contributed by atoms with Crippen LogP contribution in [0.3, 0.4) is 0 Å². The summed E-state index contributed by atoms with van der Waals surface area (Å²) in [5.41, 5.74) is 6.71. The predicted octanol–water partition coefficient (Wildman–Crippen LogP) is 1.11. The highest BCUT2D eigenvalue weighted by molar-refractivity contribution is 6.27. The molecule has 0 spiro atoms. The predicted molar refractivity (Wildman–Crippen MR) is 87.7 cm³/mol. The van der Waals surface area contributed by atoms with Crippen LogP contribution in [-0.4, -0.2) is 48.4 Å². The number of nitrogens with two attached hydrogens (primary N) is 1. The number of rotatable bonds is 9. The van der Waals surface area contributed by atoms with E-state index < -0.39 is 11.9 Å². The number of aryl methyl sites for hydroxylation is 1. The summed E-state index contributed by atoms with van der Waals surface area (Å²) in [5.74, 6) is -2.66. The van der Waals surface area contributed by atoms with Crippen LogP contribution in [0, 0.1) is 0 Å². The number of carboxylic acid groups (broad SMARTS) is 2. The van der Waals surface area contributed by atoms with Crippen molar-refractivity contribution in [2.75, 3.05) is 26.2 Å². The van der Waals surface area contributed by atoms with Crippen molar-refractivity contribution in [3.05, 3.63) is 29.8 Å². The number of hydrogen-bond donors (Lipinski definition) is 4. The van der Waals surface area contributed by atoms with Crippen molar-refractivity contribution in [1.29, 1.82) is 0 Å². The Morgan fingerprint density at radius 1 is 1.17 bits per heavy atom. The molecule has 7 heteroatoms. The van der Waals surface area contributed by atoms with Crippen LogP contribution in [0.1, 0.15) is 25.3 Å². The van der Waals surface area contributed by atoms with Crippen molar-refractivity contribution in [2.24, 2.45) is 5.73 Å². The zero-order valence-electron chi connectivity index (χ0n) is 13.5. The highest BCUT2D eigenvalue weighted by Crippen LogP contribution is 2.13. The SMILES string of the molecule is CCc1cccc(OCCCCNCCN)c1.O=C(O)C(=O)O. The minimum Gasteiger partial charge on any atom is -0.494 e. The molecule has 1 aromatic carbocycles. The van der Waals surface area contributed by atoms with Crippen LogP contribution < -0.4 is 15.8 Å². The van der Waals surface area contributed by atoms with E-state index in [0.717, 1.165) is 44.7 Å². The molecule has 1 aromatic rings. The maximum absolute atomic E-state index is 9.10. The lowest BCUT2D eigenvalue weighted by Gasteiger charge is -2.07. The van der Waals surface area contributed by atoms with E-state index in [4.69, 9.17) is 30.3 Å². The number of unbranched alkanes of at least 4 members (excludes halogenated alkanes) is 1. The van der Waals surface area contributed by atoms with E-state index in [1.165, 1.54) is 5.56 Å². The molecule has 23 heavy (non-hydrogen) atoms. The normalized spacial score (nSPS) is 9.65. The summed E-state index contributed by atoms with van der Waals surface area (Å²) in [7, 11) is 0. The Morgan fingerprint density at radius 3 is 2.43 bits per heavy atom. The molecule has 0 aliphatic rings. The quantitative estimate of drug-likeness (QED) is 0.396. The molecule has 130 valence electrons. The highest BCUT2D eigenvalue weighted by Gasteiger charge is 2.04. The van der Waals surface area contributed by atoms with Gasteiger partial charge in [-0.2, -0.15) is 0 Å². The van der Waals surface area contributed by atoms with Gasteiger partial charge in [0, 0.05) is 13.1 Å². The van der Waals surface area contributed by atoms with Crippen molar-refractivity contribution in [3.63, 3.8) is 0 Å². The highest BCUT2D eigenvalue weighted by atomic mass is 16.5. The molecule has 0 bridgehead atoms. The van der Waals surface area contributed by atoms with Gasteiger partial charge in [0.15, 0.2) is 0 Å². The molecule has 0 aromatic heterocycles. The Kier molecular flexibility index (Phi) is 12.3. The van der Waals surface area contributed by atoms with Gasteiger partial charge in [-0.1, -0.05) is 19.1 Å². The molecule has 0 aliphatic heterocycles. The largest absolute Gasteiger partial charge is 0.494 e. The number of carbonyl (C=O) groups is 2. The average Bonchev–Trinajstić information content (AvgIpc) is 2.54. The van der Waals surface area contributed by atoms with Crippen LogP contribution in [0.15, 0.2) is 24.3 Å². The summed E-state index contributed by atoms with van der Waals surface area (Å²) in [5, 5.41) is 18.1. The topological polar surface area (TPSA) is 122 Å². The van der Waals surface area contributed by atoms with Gasteiger partial charge in [0.1, 0.15) is 5.75 Å². The van der Waals surface area contributed by atoms with Gasteiger partial charge in [0.25, 0.3) is 0 Å². The van der Waals surface area contributed by atoms with Gasteiger partial charge in [0.2, 0.25) is 0 Å². The molecule has 0 saturated carbocycles. The molecule has 7 nitrogen and oxygen atoms in total. The van der Waals surface area contributed by atoms with Gasteiger partial charge in [-0.25, -0.2) is 9.59 Å². The van der Waals surface area contributed by atoms with E-state index in [9.17, 15) is 0 Å². The minimum absolute atomic E-state index is 0.709. The fourth-order valence-electron chi connectivity index (χ4n) is 1.62. The molecule has 0 fully saturated rings. The van der Waals surface area contributed by atoms with Crippen molar-refractivity contribution >= 4 is 11.9 Å². The molecule has 0 unspecified atom stereocenters. The van der Waals surface area contributed by atoms with E-state index in [1.807, 2.05) is 6.07 Å². The summed E-state index contributed by atoms with van der Waals surface area (Å²) in [6.07, 6.45) is 3.27. The number of ether oxygens (including phenoxy) is 1. The van der Waals surface area contributed by atoms with E-state index >= 15 is 0 Å². The maximum atomic E-state index is 9.10. The van der Waals surface area contributed by atoms with Crippen LogP contribution in [0.5, 0.6) is 5.75 Å². The number of nitrogens with one attached hydrogen (secondary N) is 1. The molecule has 0 radical (unpaired) electrons. The van der Waals surface area contributed by atoms with Crippen molar-refractivity contribution in [2.45, 2.75) is 26.2 Å². The van der Waals surface area contributed by atoms with Crippen LogP contribution in [-0.2, 0) is 16.0 Å². The van der Waals surface area contributed by atoms with Gasteiger partial charge in [-0.3, -0.25) is 0 Å². The number of carboxylic acids is 2. The Morgan fingerprint density at radius 2 is 1.87 bits per heavy atom. The molecule has 0 amide bonds. The van der Waals surface area contributed by atoms with Gasteiger partial charge < -0.3 is 26.0 Å². The summed E-state index contributed by atoms with van der Waals surface area (Å²) >= 11 is 0. The second-order valence-electron chi connectivity index (χ2n) is 4.71. The molecular formula is C16H26N2O5. The Balaban J connectivity index is 0.000000688. The third kappa shape index (κ3) is 12.1. The van der Waals surface area contributed by atoms with E-state index in [1.54, 1.807) is 0 Å². The van der Waals surface area contributed by atoms with Crippen LogP contribution >= 0.6 is 0 Å². The first-order chi connectivity index (χ1) is 11.0. The molecule has 0 heterocycles. The first-order valence-electron chi connectivity index (χ1n) is 7.60. The van der Waals surface area contributed by atoms with Gasteiger partial charge in [-0.15, -0.1) is 0 Å². The molecule has 0 saturated heterocycles. The third-order valence-corrected chi connectivity index (χ3v) is 2.83. The summed E-state index contributed by atoms with van der Waals surface area (Å²) in [6.45, 7) is 5.58. The van der Waals surface area contributed by atoms with Gasteiger partial charge >= 0.3 is 11.9 Å². The van der Waals surface area contributed by atoms with E-state index in [-0.39, 0.29) is 0 Å². The van der Waals surface area contributed by atoms with Crippen LogP contribution in [0.25, 0.3) is 0 Å². The molecule has 0 aliphatic carbocycles. The number of hydrogen-bond acceptors (Lipinski definition) is 5. The molecule has 1 rings (SSSR count). The van der Waals surface area contributed by atoms with Crippen molar-refractivity contribution in [3.8, 4) is 5.75 Å². The zero-order chi connectivity index (χ0) is 17.5. The fourth-order valence-corrected chi connectivity index (χ4v) is 1.62. The number of benzene rings is 1. The summed E-state index contributed by atoms with van der Waals surface area (Å²) in [4.78, 5) is 18.2. The molecule has 0 atom stereocenters. The lowest BCUT2D eigenvalue weighted by atomic mass is 10.2. The second kappa shape index (κ2) is 13.5. The Labute approximate surface area is 136 Å². The lowest BCUT2D eigenvalue weighted by molar-refractivity contribution is -0.159. The van der Waals surface area contributed by atoms with Gasteiger partial charge in [0.05, 0.1) is 6.61 Å². The first kappa shape index (κ1) is 20.9. The molecule has 5 N–H and O–H groups in total. The van der Waals surface area contributed by atoms with Crippen LogP contribution in [0.4, 0.5) is 0 Å². The van der Waals surface area contributed by atoms with Crippen LogP contribution in [0.2, 0.25) is 0 Å².